The van der Waals surface area contributed by atoms with Crippen molar-refractivity contribution < 1.29 is 0 Å². The van der Waals surface area contributed by atoms with E-state index >= 15 is 0 Å². The fourth-order valence-electron chi connectivity index (χ4n) is 1.28. The van der Waals surface area contributed by atoms with Crippen LogP contribution in [0.25, 0.3) is 0 Å². The van der Waals surface area contributed by atoms with Crippen molar-refractivity contribution in [2.75, 3.05) is 11.9 Å². The fourth-order valence-corrected chi connectivity index (χ4v) is 1.45. The summed E-state index contributed by atoms with van der Waals surface area (Å²) in [6.07, 6.45) is 0.695. The molecule has 0 unspecified atom stereocenters. The van der Waals surface area contributed by atoms with Crippen LogP contribution in [0.2, 0.25) is 0 Å². The summed E-state index contributed by atoms with van der Waals surface area (Å²) >= 11 is 5.81. The number of nitrogens with zero attached hydrogens (tertiary/aromatic N) is 3. The van der Waals surface area contributed by atoms with Gasteiger partial charge in [0.05, 0.1) is 11.6 Å². The van der Waals surface area contributed by atoms with Gasteiger partial charge in [-0.2, -0.15) is 5.26 Å². The van der Waals surface area contributed by atoms with E-state index in [-0.39, 0.29) is 0 Å². The summed E-state index contributed by atoms with van der Waals surface area (Å²) in [5.41, 5.74) is 1.46. The Bertz CT molecular complexity index is 482. The first kappa shape index (κ1) is 10.7. The van der Waals surface area contributed by atoms with E-state index in [0.29, 0.717) is 29.7 Å². The van der Waals surface area contributed by atoms with Gasteiger partial charge in [0.2, 0.25) is 5.96 Å². The Morgan fingerprint density at radius 2 is 2.06 bits per heavy atom. The molecule has 0 aliphatic carbocycles. The summed E-state index contributed by atoms with van der Waals surface area (Å²) < 4.78 is 0. The van der Waals surface area contributed by atoms with Gasteiger partial charge in [-0.15, -0.1) is 0 Å². The van der Waals surface area contributed by atoms with E-state index < -0.39 is 0 Å². The number of nitriles is 1. The molecule has 1 aromatic carbocycles. The Balaban J connectivity index is 2.10. The van der Waals surface area contributed by atoms with Crippen molar-refractivity contribution in [2.45, 2.75) is 6.42 Å². The maximum atomic E-state index is 8.65. The third-order valence-electron chi connectivity index (χ3n) is 2.08. The Morgan fingerprint density at radius 3 is 2.69 bits per heavy atom. The molecule has 4 nitrogen and oxygen atoms in total. The first-order valence-electron chi connectivity index (χ1n) is 4.82. The van der Waals surface area contributed by atoms with E-state index in [9.17, 15) is 0 Å². The van der Waals surface area contributed by atoms with Crippen molar-refractivity contribution in [3.8, 4) is 6.07 Å². The molecule has 1 N–H and O–H groups in total. The summed E-state index contributed by atoms with van der Waals surface area (Å²) in [7, 11) is 0. The van der Waals surface area contributed by atoms with Gasteiger partial charge < -0.3 is 5.32 Å². The molecular formula is C11H9ClN4. The summed E-state index contributed by atoms with van der Waals surface area (Å²) in [5.74, 6) is 0.515. The largest absolute Gasteiger partial charge is 0.324 e. The van der Waals surface area contributed by atoms with Crippen LogP contribution < -0.4 is 5.32 Å². The molecule has 0 fully saturated rings. The number of guanidine groups is 1. The number of anilines is 1. The molecule has 5 heteroatoms. The normalized spacial score (nSPS) is 14.8. The lowest BCUT2D eigenvalue weighted by Gasteiger charge is -2.09. The van der Waals surface area contributed by atoms with Crippen LogP contribution in [-0.4, -0.2) is 17.7 Å². The topological polar surface area (TPSA) is 60.5 Å². The average Bonchev–Trinajstić information content (AvgIpc) is 2.30. The zero-order valence-electron chi connectivity index (χ0n) is 8.44. The number of nitrogens with one attached hydrogen (secondary N) is 1. The lowest BCUT2D eigenvalue weighted by molar-refractivity contribution is 1.02. The lowest BCUT2D eigenvalue weighted by Crippen LogP contribution is -2.15. The molecule has 0 atom stereocenters. The molecule has 0 radical (unpaired) electrons. The molecule has 1 aliphatic heterocycles. The van der Waals surface area contributed by atoms with Crippen LogP contribution in [0.3, 0.4) is 0 Å². The molecule has 0 saturated heterocycles. The van der Waals surface area contributed by atoms with Crippen molar-refractivity contribution >= 4 is 28.4 Å². The van der Waals surface area contributed by atoms with Gasteiger partial charge in [-0.05, 0) is 24.3 Å². The van der Waals surface area contributed by atoms with Gasteiger partial charge in [-0.25, -0.2) is 4.99 Å². The molecule has 1 aromatic rings. The second-order valence-electron chi connectivity index (χ2n) is 3.26. The molecule has 0 aromatic heterocycles. The van der Waals surface area contributed by atoms with Crippen LogP contribution in [-0.2, 0) is 0 Å². The van der Waals surface area contributed by atoms with Gasteiger partial charge in [-0.3, -0.25) is 4.99 Å². The van der Waals surface area contributed by atoms with Crippen molar-refractivity contribution in [1.29, 1.82) is 5.26 Å². The van der Waals surface area contributed by atoms with Gasteiger partial charge in [0, 0.05) is 18.7 Å². The zero-order chi connectivity index (χ0) is 11.4. The van der Waals surface area contributed by atoms with E-state index in [1.165, 1.54) is 0 Å². The highest BCUT2D eigenvalue weighted by Crippen LogP contribution is 2.11. The van der Waals surface area contributed by atoms with Crippen LogP contribution >= 0.6 is 11.6 Å². The van der Waals surface area contributed by atoms with Crippen LogP contribution in [0, 0.1) is 11.3 Å². The Labute approximate surface area is 98.3 Å². The Morgan fingerprint density at radius 1 is 1.31 bits per heavy atom. The first-order chi connectivity index (χ1) is 7.78. The number of halogens is 1. The van der Waals surface area contributed by atoms with Crippen molar-refractivity contribution in [1.82, 2.24) is 0 Å². The van der Waals surface area contributed by atoms with Gasteiger partial charge in [0.25, 0.3) is 0 Å². The Hall–Kier alpha value is -1.86. The SMILES string of the molecule is N#Cc1ccc(NC2=NCCC(Cl)=N2)cc1. The predicted molar refractivity (Wildman–Crippen MR) is 65.0 cm³/mol. The highest BCUT2D eigenvalue weighted by atomic mass is 35.5. The molecule has 0 bridgehead atoms. The number of benzene rings is 1. The van der Waals surface area contributed by atoms with Crippen LogP contribution in [0.5, 0.6) is 0 Å². The van der Waals surface area contributed by atoms with Crippen molar-refractivity contribution in [3.05, 3.63) is 29.8 Å². The lowest BCUT2D eigenvalue weighted by atomic mass is 10.2. The molecule has 80 valence electrons. The molecule has 1 aliphatic rings. The molecule has 0 saturated carbocycles. The number of hydrogen-bond acceptors (Lipinski definition) is 4. The minimum atomic E-state index is 0.515. The smallest absolute Gasteiger partial charge is 0.223 e. The summed E-state index contributed by atoms with van der Waals surface area (Å²) in [6, 6.07) is 9.13. The van der Waals surface area contributed by atoms with Gasteiger partial charge in [-0.1, -0.05) is 11.6 Å². The highest BCUT2D eigenvalue weighted by Gasteiger charge is 2.06. The predicted octanol–water partition coefficient (Wildman–Crippen LogP) is 2.37. The minimum absolute atomic E-state index is 0.515. The maximum Gasteiger partial charge on any atom is 0.223 e. The highest BCUT2D eigenvalue weighted by molar-refractivity contribution is 6.66. The van der Waals surface area contributed by atoms with Crippen molar-refractivity contribution in [3.63, 3.8) is 0 Å². The number of rotatable bonds is 1. The minimum Gasteiger partial charge on any atom is -0.324 e. The molecule has 2 rings (SSSR count). The Kier molecular flexibility index (Phi) is 3.18. The van der Waals surface area contributed by atoms with E-state index in [1.54, 1.807) is 24.3 Å². The van der Waals surface area contributed by atoms with E-state index in [2.05, 4.69) is 21.4 Å². The van der Waals surface area contributed by atoms with E-state index in [4.69, 9.17) is 16.9 Å². The maximum absolute atomic E-state index is 8.65. The van der Waals surface area contributed by atoms with Crippen LogP contribution in [0.15, 0.2) is 34.3 Å². The van der Waals surface area contributed by atoms with Crippen LogP contribution in [0.4, 0.5) is 5.69 Å². The molecule has 0 amide bonds. The van der Waals surface area contributed by atoms with Gasteiger partial charge >= 0.3 is 0 Å². The molecular weight excluding hydrogens is 224 g/mol. The summed E-state index contributed by atoms with van der Waals surface area (Å²) in [5, 5.41) is 12.2. The fraction of sp³-hybridized carbons (Fsp3) is 0.182. The van der Waals surface area contributed by atoms with Gasteiger partial charge in [0.15, 0.2) is 0 Å². The number of hydrogen-bond donors (Lipinski definition) is 1. The number of aliphatic imine (C=N–C) groups is 2. The summed E-state index contributed by atoms with van der Waals surface area (Å²) in [4.78, 5) is 8.26. The molecule has 16 heavy (non-hydrogen) atoms. The van der Waals surface area contributed by atoms with Gasteiger partial charge in [0.1, 0.15) is 5.17 Å². The quantitative estimate of drug-likeness (QED) is 0.808. The standard InChI is InChI=1S/C11H9ClN4/c12-10-5-6-14-11(16-10)15-9-3-1-8(7-13)2-4-9/h1-4H,5-6H2,(H,14,15). The molecule has 0 spiro atoms. The molecule has 1 heterocycles. The second-order valence-corrected chi connectivity index (χ2v) is 3.69. The van der Waals surface area contributed by atoms with Crippen LogP contribution in [0.1, 0.15) is 12.0 Å². The zero-order valence-corrected chi connectivity index (χ0v) is 9.20. The van der Waals surface area contributed by atoms with E-state index in [0.717, 1.165) is 5.69 Å². The third-order valence-corrected chi connectivity index (χ3v) is 2.35. The second kappa shape index (κ2) is 4.77. The third kappa shape index (κ3) is 2.59. The monoisotopic (exact) mass is 232 g/mol. The summed E-state index contributed by atoms with van der Waals surface area (Å²) in [6.45, 7) is 0.654. The van der Waals surface area contributed by atoms with E-state index in [1.807, 2.05) is 0 Å². The first-order valence-corrected chi connectivity index (χ1v) is 5.20. The van der Waals surface area contributed by atoms with Crippen molar-refractivity contribution in [2.24, 2.45) is 9.98 Å². The average molecular weight is 233 g/mol.